The Balaban J connectivity index is 2.13. The number of carbonyl (C=O) groups excluding carboxylic acids is 1. The van der Waals surface area contributed by atoms with Crippen molar-refractivity contribution in [1.29, 1.82) is 0 Å². The predicted molar refractivity (Wildman–Crippen MR) is 89.0 cm³/mol. The maximum absolute atomic E-state index is 12.1. The lowest BCUT2D eigenvalue weighted by Gasteiger charge is -2.20. The summed E-state index contributed by atoms with van der Waals surface area (Å²) >= 11 is 1.59. The van der Waals surface area contributed by atoms with Gasteiger partial charge in [-0.15, -0.1) is 11.3 Å². The minimum atomic E-state index is -0.0898. The molecule has 0 aliphatic carbocycles. The summed E-state index contributed by atoms with van der Waals surface area (Å²) in [5.41, 5.74) is 0.802. The van der Waals surface area contributed by atoms with E-state index < -0.39 is 0 Å². The van der Waals surface area contributed by atoms with Crippen LogP contribution < -0.4 is 5.32 Å². The van der Waals surface area contributed by atoms with Crippen molar-refractivity contribution in [1.82, 2.24) is 14.7 Å². The van der Waals surface area contributed by atoms with Crippen molar-refractivity contribution < 1.29 is 9.90 Å². The van der Waals surface area contributed by atoms with Crippen LogP contribution in [0.1, 0.15) is 13.8 Å². The molecule has 6 nitrogen and oxygen atoms in total. The topological polar surface area (TPSA) is 70.4 Å². The fraction of sp³-hybridized carbons (Fsp3) is 0.467. The molecule has 2 N–H and O–H groups in total. The van der Waals surface area contributed by atoms with E-state index in [0.717, 1.165) is 10.6 Å². The number of thiophene rings is 1. The molecular formula is C15H22N4O2S. The summed E-state index contributed by atoms with van der Waals surface area (Å²) in [5, 5.41) is 18.5. The Hall–Kier alpha value is -1.70. The minimum Gasteiger partial charge on any atom is -0.394 e. The maximum atomic E-state index is 12.1. The van der Waals surface area contributed by atoms with Crippen LogP contribution in [-0.4, -0.2) is 51.9 Å². The van der Waals surface area contributed by atoms with Crippen LogP contribution in [-0.2, 0) is 11.3 Å². The SMILES string of the molecule is CC(C)N(C)CC(=O)Nc1cc(-c2cccs2)nn1CCO. The molecule has 2 aromatic heterocycles. The molecule has 0 bridgehead atoms. The lowest BCUT2D eigenvalue weighted by molar-refractivity contribution is -0.117. The standard InChI is InChI=1S/C15H22N4O2S/c1-11(2)18(3)10-15(21)16-14-9-12(13-5-4-8-22-13)17-19(14)6-7-20/h4-5,8-9,11,20H,6-7,10H2,1-3H3,(H,16,21). The highest BCUT2D eigenvalue weighted by molar-refractivity contribution is 7.13. The summed E-state index contributed by atoms with van der Waals surface area (Å²) < 4.78 is 1.63. The van der Waals surface area contributed by atoms with Gasteiger partial charge < -0.3 is 10.4 Å². The Morgan fingerprint density at radius 1 is 1.55 bits per heavy atom. The van der Waals surface area contributed by atoms with Gasteiger partial charge in [0.2, 0.25) is 5.91 Å². The van der Waals surface area contributed by atoms with Crippen LogP contribution in [0.15, 0.2) is 23.6 Å². The highest BCUT2D eigenvalue weighted by atomic mass is 32.1. The molecule has 0 aromatic carbocycles. The number of nitrogens with zero attached hydrogens (tertiary/aromatic N) is 3. The average Bonchev–Trinajstić information content (AvgIpc) is 3.09. The Morgan fingerprint density at radius 2 is 2.32 bits per heavy atom. The van der Waals surface area contributed by atoms with Gasteiger partial charge in [-0.2, -0.15) is 5.10 Å². The monoisotopic (exact) mass is 322 g/mol. The lowest BCUT2D eigenvalue weighted by Crippen LogP contribution is -2.35. The molecule has 2 aromatic rings. The Bertz CT molecular complexity index is 607. The van der Waals surface area contributed by atoms with Gasteiger partial charge in [-0.3, -0.25) is 9.69 Å². The minimum absolute atomic E-state index is 0.0275. The van der Waals surface area contributed by atoms with E-state index in [0.29, 0.717) is 24.9 Å². The number of likely N-dealkylation sites (N-methyl/N-ethyl adjacent to an activating group) is 1. The van der Waals surface area contributed by atoms with E-state index in [1.54, 1.807) is 16.0 Å². The average molecular weight is 322 g/mol. The number of aliphatic hydroxyl groups excluding tert-OH is 1. The van der Waals surface area contributed by atoms with Crippen molar-refractivity contribution in [3.63, 3.8) is 0 Å². The Labute approximate surface area is 134 Å². The molecule has 0 saturated heterocycles. The lowest BCUT2D eigenvalue weighted by atomic mass is 10.3. The molecule has 0 aliphatic rings. The first kappa shape index (κ1) is 16.7. The van der Waals surface area contributed by atoms with Gasteiger partial charge in [-0.1, -0.05) is 6.07 Å². The number of rotatable bonds is 7. The molecule has 0 fully saturated rings. The molecule has 2 rings (SSSR count). The first-order valence-corrected chi connectivity index (χ1v) is 8.12. The number of amides is 1. The second-order valence-corrected chi connectivity index (χ2v) is 6.34. The van der Waals surface area contributed by atoms with E-state index in [1.165, 1.54) is 0 Å². The zero-order chi connectivity index (χ0) is 16.1. The van der Waals surface area contributed by atoms with Crippen LogP contribution in [0, 0.1) is 0 Å². The second kappa shape index (κ2) is 7.53. The summed E-state index contributed by atoms with van der Waals surface area (Å²) in [5.74, 6) is 0.521. The first-order chi connectivity index (χ1) is 10.5. The van der Waals surface area contributed by atoms with E-state index in [1.807, 2.05) is 49.4 Å². The van der Waals surface area contributed by atoms with E-state index in [9.17, 15) is 4.79 Å². The van der Waals surface area contributed by atoms with Crippen molar-refractivity contribution in [3.8, 4) is 10.6 Å². The van der Waals surface area contributed by atoms with E-state index in [-0.39, 0.29) is 12.5 Å². The molecule has 120 valence electrons. The third-order valence-electron chi connectivity index (χ3n) is 3.41. The number of aliphatic hydroxyl groups is 1. The molecule has 0 aliphatic heterocycles. The summed E-state index contributed by atoms with van der Waals surface area (Å²) in [6.45, 7) is 4.72. The smallest absolute Gasteiger partial charge is 0.239 e. The summed E-state index contributed by atoms with van der Waals surface area (Å²) in [7, 11) is 1.91. The van der Waals surface area contributed by atoms with Crippen LogP contribution in [0.25, 0.3) is 10.6 Å². The highest BCUT2D eigenvalue weighted by Crippen LogP contribution is 2.26. The molecule has 0 spiro atoms. The molecular weight excluding hydrogens is 300 g/mol. The van der Waals surface area contributed by atoms with Gasteiger partial charge >= 0.3 is 0 Å². The van der Waals surface area contributed by atoms with Crippen LogP contribution in [0.2, 0.25) is 0 Å². The molecule has 0 unspecified atom stereocenters. The third-order valence-corrected chi connectivity index (χ3v) is 4.30. The van der Waals surface area contributed by atoms with Gasteiger partial charge in [-0.05, 0) is 32.3 Å². The Morgan fingerprint density at radius 3 is 2.91 bits per heavy atom. The van der Waals surface area contributed by atoms with E-state index in [4.69, 9.17) is 5.11 Å². The Kier molecular flexibility index (Phi) is 5.70. The number of anilines is 1. The highest BCUT2D eigenvalue weighted by Gasteiger charge is 2.14. The quantitative estimate of drug-likeness (QED) is 0.816. The molecule has 2 heterocycles. The van der Waals surface area contributed by atoms with Crippen LogP contribution in [0.4, 0.5) is 5.82 Å². The van der Waals surface area contributed by atoms with Crippen molar-refractivity contribution in [3.05, 3.63) is 23.6 Å². The maximum Gasteiger partial charge on any atom is 0.239 e. The zero-order valence-corrected chi connectivity index (χ0v) is 13.9. The van der Waals surface area contributed by atoms with Crippen LogP contribution >= 0.6 is 11.3 Å². The van der Waals surface area contributed by atoms with Gasteiger partial charge in [0.1, 0.15) is 11.5 Å². The number of carbonyl (C=O) groups is 1. The molecule has 1 amide bonds. The van der Waals surface area contributed by atoms with Crippen molar-refractivity contribution >= 4 is 23.1 Å². The fourth-order valence-corrected chi connectivity index (χ4v) is 2.60. The number of hydrogen-bond donors (Lipinski definition) is 2. The number of nitrogens with one attached hydrogen (secondary N) is 1. The normalized spacial score (nSPS) is 11.4. The predicted octanol–water partition coefficient (Wildman–Crippen LogP) is 1.88. The molecule has 22 heavy (non-hydrogen) atoms. The summed E-state index contributed by atoms with van der Waals surface area (Å²) in [6, 6.07) is 6.08. The zero-order valence-electron chi connectivity index (χ0n) is 13.1. The molecule has 7 heteroatoms. The van der Waals surface area contributed by atoms with Gasteiger partial charge in [0, 0.05) is 12.1 Å². The number of aromatic nitrogens is 2. The summed E-state index contributed by atoms with van der Waals surface area (Å²) in [6.07, 6.45) is 0. The van der Waals surface area contributed by atoms with Crippen LogP contribution in [0.5, 0.6) is 0 Å². The second-order valence-electron chi connectivity index (χ2n) is 5.40. The van der Waals surface area contributed by atoms with Crippen molar-refractivity contribution in [2.24, 2.45) is 0 Å². The van der Waals surface area contributed by atoms with Crippen molar-refractivity contribution in [2.45, 2.75) is 26.4 Å². The van der Waals surface area contributed by atoms with Crippen LogP contribution in [0.3, 0.4) is 0 Å². The van der Waals surface area contributed by atoms with Gasteiger partial charge in [0.05, 0.1) is 24.6 Å². The van der Waals surface area contributed by atoms with Gasteiger partial charge in [0.15, 0.2) is 0 Å². The van der Waals surface area contributed by atoms with Crippen molar-refractivity contribution in [2.75, 3.05) is 25.5 Å². The largest absolute Gasteiger partial charge is 0.394 e. The van der Waals surface area contributed by atoms with Gasteiger partial charge in [0.25, 0.3) is 0 Å². The third kappa shape index (κ3) is 4.16. The molecule has 0 saturated carbocycles. The summed E-state index contributed by atoms with van der Waals surface area (Å²) in [4.78, 5) is 15.1. The van der Waals surface area contributed by atoms with E-state index >= 15 is 0 Å². The van der Waals surface area contributed by atoms with Gasteiger partial charge in [-0.25, -0.2) is 4.68 Å². The molecule has 0 atom stereocenters. The van der Waals surface area contributed by atoms with E-state index in [2.05, 4.69) is 10.4 Å². The molecule has 0 radical (unpaired) electrons. The first-order valence-electron chi connectivity index (χ1n) is 7.24. The fourth-order valence-electron chi connectivity index (χ4n) is 1.92. The number of hydrogen-bond acceptors (Lipinski definition) is 5.